The summed E-state index contributed by atoms with van der Waals surface area (Å²) < 4.78 is 38.1. The normalized spacial score (nSPS) is 26.5. The van der Waals surface area contributed by atoms with E-state index in [1.165, 1.54) is 19.3 Å². The summed E-state index contributed by atoms with van der Waals surface area (Å²) in [5.41, 5.74) is 2.08. The standard InChI is InChI=1S/C27H31BrN4O4S/c1-16-25(28)17(2)32(30-16)15-22-5-8-24(36-22)26(33)29-21-3-6-23(7-4-21)37(34,35)31-27-12-18-9-19(13-27)11-20(10-18)14-27/h3-8,18-20,31H,9-15H2,1-2H3,(H,29,33). The van der Waals surface area contributed by atoms with Crippen molar-refractivity contribution in [2.75, 3.05) is 5.32 Å². The first-order valence-corrected chi connectivity index (χ1v) is 15.1. The monoisotopic (exact) mass is 586 g/mol. The maximum Gasteiger partial charge on any atom is 0.291 e. The summed E-state index contributed by atoms with van der Waals surface area (Å²) in [4.78, 5) is 13.0. The lowest BCUT2D eigenvalue weighted by atomic mass is 9.53. The Hall–Kier alpha value is -2.43. The molecule has 0 atom stereocenters. The Bertz CT molecular complexity index is 1420. The number of furan rings is 1. The average Bonchev–Trinajstić information content (AvgIpc) is 3.38. The highest BCUT2D eigenvalue weighted by atomic mass is 79.9. The van der Waals surface area contributed by atoms with Gasteiger partial charge in [0.25, 0.3) is 5.91 Å². The topological polar surface area (TPSA) is 106 Å². The third-order valence-electron chi connectivity index (χ3n) is 8.30. The van der Waals surface area contributed by atoms with Gasteiger partial charge in [-0.05, 0) is 122 Å². The van der Waals surface area contributed by atoms with E-state index in [-0.39, 0.29) is 16.2 Å². The highest BCUT2D eigenvalue weighted by molar-refractivity contribution is 9.10. The van der Waals surface area contributed by atoms with E-state index in [9.17, 15) is 13.2 Å². The number of amides is 1. The second kappa shape index (κ2) is 9.10. The van der Waals surface area contributed by atoms with Crippen LogP contribution in [0.25, 0.3) is 0 Å². The molecule has 8 nitrogen and oxygen atoms in total. The van der Waals surface area contributed by atoms with Crippen LogP contribution in [0.15, 0.2) is 50.2 Å². The molecule has 1 amide bonds. The van der Waals surface area contributed by atoms with Gasteiger partial charge >= 0.3 is 0 Å². The van der Waals surface area contributed by atoms with Gasteiger partial charge in [0.1, 0.15) is 5.76 Å². The van der Waals surface area contributed by atoms with Gasteiger partial charge in [-0.2, -0.15) is 5.10 Å². The average molecular weight is 588 g/mol. The van der Waals surface area contributed by atoms with Crippen molar-refractivity contribution in [3.63, 3.8) is 0 Å². The first-order chi connectivity index (χ1) is 17.6. The molecule has 4 saturated carbocycles. The first-order valence-electron chi connectivity index (χ1n) is 12.8. The van der Waals surface area contributed by atoms with E-state index >= 15 is 0 Å². The molecule has 2 N–H and O–H groups in total. The number of aryl methyl sites for hydroxylation is 1. The highest BCUT2D eigenvalue weighted by Gasteiger charge is 2.52. The van der Waals surface area contributed by atoms with Crippen LogP contribution in [0.1, 0.15) is 66.2 Å². The Morgan fingerprint density at radius 1 is 1.05 bits per heavy atom. The van der Waals surface area contributed by atoms with Gasteiger partial charge in [-0.1, -0.05) is 0 Å². The fourth-order valence-corrected chi connectivity index (χ4v) is 8.77. The number of aromatic nitrogens is 2. The molecule has 196 valence electrons. The molecule has 0 aliphatic heterocycles. The van der Waals surface area contributed by atoms with Gasteiger partial charge in [0.15, 0.2) is 5.76 Å². The second-order valence-electron chi connectivity index (χ2n) is 11.2. The second-order valence-corrected chi connectivity index (χ2v) is 13.7. The van der Waals surface area contributed by atoms with Gasteiger partial charge in [0.05, 0.1) is 27.3 Å². The van der Waals surface area contributed by atoms with Crippen molar-refractivity contribution < 1.29 is 17.6 Å². The molecular weight excluding hydrogens is 556 g/mol. The smallest absolute Gasteiger partial charge is 0.291 e. The van der Waals surface area contributed by atoms with Crippen LogP contribution in [0.3, 0.4) is 0 Å². The quantitative estimate of drug-likeness (QED) is 0.385. The molecule has 4 aliphatic carbocycles. The number of carbonyl (C=O) groups is 1. The molecule has 0 saturated heterocycles. The Morgan fingerprint density at radius 2 is 1.68 bits per heavy atom. The van der Waals surface area contributed by atoms with Crippen LogP contribution in [0.4, 0.5) is 5.69 Å². The largest absolute Gasteiger partial charge is 0.454 e. The van der Waals surface area contributed by atoms with E-state index in [4.69, 9.17) is 4.42 Å². The Balaban J connectivity index is 1.10. The number of anilines is 1. The lowest BCUT2D eigenvalue weighted by Gasteiger charge is -2.56. The minimum Gasteiger partial charge on any atom is -0.454 e. The van der Waals surface area contributed by atoms with Gasteiger partial charge in [-0.25, -0.2) is 13.1 Å². The van der Waals surface area contributed by atoms with E-state index in [0.717, 1.165) is 35.1 Å². The summed E-state index contributed by atoms with van der Waals surface area (Å²) in [7, 11) is -3.64. The van der Waals surface area contributed by atoms with Crippen LogP contribution in [0.2, 0.25) is 0 Å². The number of rotatable bonds is 7. The summed E-state index contributed by atoms with van der Waals surface area (Å²) in [6.45, 7) is 4.29. The number of hydrogen-bond donors (Lipinski definition) is 2. The van der Waals surface area contributed by atoms with Gasteiger partial charge < -0.3 is 9.73 Å². The summed E-state index contributed by atoms with van der Waals surface area (Å²) in [6.07, 6.45) is 6.63. The zero-order chi connectivity index (χ0) is 25.9. The van der Waals surface area contributed by atoms with E-state index in [0.29, 0.717) is 35.7 Å². The Morgan fingerprint density at radius 3 is 2.24 bits per heavy atom. The van der Waals surface area contributed by atoms with Crippen LogP contribution in [0, 0.1) is 31.6 Å². The maximum absolute atomic E-state index is 13.2. The molecule has 2 heterocycles. The molecule has 4 bridgehead atoms. The van der Waals surface area contributed by atoms with Crippen LogP contribution in [0.5, 0.6) is 0 Å². The molecule has 4 aliphatic rings. The molecule has 3 aromatic rings. The van der Waals surface area contributed by atoms with Gasteiger partial charge in [-0.3, -0.25) is 9.48 Å². The third-order valence-corrected chi connectivity index (χ3v) is 11.0. The molecule has 0 unspecified atom stereocenters. The fourth-order valence-electron chi connectivity index (χ4n) is 7.05. The summed E-state index contributed by atoms with van der Waals surface area (Å²) in [5.74, 6) is 2.36. The number of halogens is 1. The molecule has 2 aromatic heterocycles. The van der Waals surface area contributed by atoms with E-state index < -0.39 is 15.9 Å². The molecule has 37 heavy (non-hydrogen) atoms. The molecule has 4 fully saturated rings. The molecule has 7 rings (SSSR count). The number of hydrogen-bond acceptors (Lipinski definition) is 5. The predicted molar refractivity (Wildman–Crippen MR) is 143 cm³/mol. The van der Waals surface area contributed by atoms with Crippen molar-refractivity contribution in [1.29, 1.82) is 0 Å². The zero-order valence-corrected chi connectivity index (χ0v) is 23.4. The summed E-state index contributed by atoms with van der Waals surface area (Å²) in [5, 5.41) is 7.26. The lowest BCUT2D eigenvalue weighted by molar-refractivity contribution is -0.00810. The molecule has 1 aromatic carbocycles. The number of nitrogens with one attached hydrogen (secondary N) is 2. The van der Waals surface area contributed by atoms with Crippen molar-refractivity contribution in [1.82, 2.24) is 14.5 Å². The van der Waals surface area contributed by atoms with E-state index in [2.05, 4.69) is 31.1 Å². The lowest BCUT2D eigenvalue weighted by Crippen LogP contribution is -2.59. The molecular formula is C27H31BrN4O4S. The molecule has 0 radical (unpaired) electrons. The number of benzene rings is 1. The van der Waals surface area contributed by atoms with Gasteiger partial charge in [0, 0.05) is 11.2 Å². The minimum absolute atomic E-state index is 0.177. The van der Waals surface area contributed by atoms with Crippen molar-refractivity contribution >= 4 is 37.5 Å². The summed E-state index contributed by atoms with van der Waals surface area (Å²) in [6, 6.07) is 9.71. The SMILES string of the molecule is Cc1nn(Cc2ccc(C(=O)Nc3ccc(S(=O)(=O)NC45CC6CC(CC(C6)C4)C5)cc3)o2)c(C)c1Br. The van der Waals surface area contributed by atoms with Crippen molar-refractivity contribution in [2.45, 2.75) is 69.4 Å². The van der Waals surface area contributed by atoms with Crippen LogP contribution in [-0.4, -0.2) is 29.6 Å². The number of nitrogens with zero attached hydrogens (tertiary/aromatic N) is 2. The third kappa shape index (κ3) is 4.79. The van der Waals surface area contributed by atoms with Crippen LogP contribution >= 0.6 is 15.9 Å². The van der Waals surface area contributed by atoms with E-state index in [1.807, 2.05) is 18.5 Å². The Kier molecular flexibility index (Phi) is 6.12. The van der Waals surface area contributed by atoms with Crippen molar-refractivity contribution in [3.05, 3.63) is 63.8 Å². The molecule has 0 spiro atoms. The predicted octanol–water partition coefficient (Wildman–Crippen LogP) is 5.40. The summed E-state index contributed by atoms with van der Waals surface area (Å²) >= 11 is 3.52. The number of sulfonamides is 1. The number of carbonyl (C=O) groups excluding carboxylic acids is 1. The van der Waals surface area contributed by atoms with Gasteiger partial charge in [0.2, 0.25) is 10.0 Å². The minimum atomic E-state index is -3.64. The van der Waals surface area contributed by atoms with Crippen LogP contribution < -0.4 is 10.0 Å². The van der Waals surface area contributed by atoms with Crippen LogP contribution in [-0.2, 0) is 16.6 Å². The molecule has 10 heteroatoms. The maximum atomic E-state index is 13.2. The fraction of sp³-hybridized carbons (Fsp3) is 0.481. The van der Waals surface area contributed by atoms with Gasteiger partial charge in [-0.15, -0.1) is 0 Å². The van der Waals surface area contributed by atoms with Crippen molar-refractivity contribution in [3.8, 4) is 0 Å². The first kappa shape index (κ1) is 24.9. The van der Waals surface area contributed by atoms with Crippen molar-refractivity contribution in [2.24, 2.45) is 17.8 Å². The zero-order valence-electron chi connectivity index (χ0n) is 21.0. The highest BCUT2D eigenvalue weighted by Crippen LogP contribution is 2.56. The van der Waals surface area contributed by atoms with E-state index in [1.54, 1.807) is 36.4 Å². The Labute approximate surface area is 225 Å².